The second-order valence-electron chi connectivity index (χ2n) is 8.62. The molecule has 0 radical (unpaired) electrons. The lowest BCUT2D eigenvalue weighted by Crippen LogP contribution is -2.37. The number of nitrogens with one attached hydrogen (secondary N) is 1. The Morgan fingerprint density at radius 3 is 2.63 bits per heavy atom. The number of benzene rings is 2. The molecule has 1 aliphatic rings. The standard InChI is InChI=1S/C26H24ClN5O2S/c27-18-8-6-17(7-9-18)21-16-35-25-22(21)26(33)32-24(29-25)20-5-2-1-4-19(20)23(30-32)28-10-3-11-31-12-14-34-15-13-31/h1-2,4-9,16H,3,10-15H2,(H,28,30). The summed E-state index contributed by atoms with van der Waals surface area (Å²) in [4.78, 5) is 21.7. The van der Waals surface area contributed by atoms with E-state index in [0.29, 0.717) is 26.7 Å². The molecule has 1 saturated heterocycles. The number of hydrogen-bond donors (Lipinski definition) is 1. The van der Waals surface area contributed by atoms with E-state index in [1.165, 1.54) is 15.9 Å². The molecule has 5 aromatic rings. The van der Waals surface area contributed by atoms with Gasteiger partial charge in [0.05, 0.1) is 18.6 Å². The third-order valence-electron chi connectivity index (χ3n) is 6.41. The topological polar surface area (TPSA) is 71.8 Å². The van der Waals surface area contributed by atoms with Crippen LogP contribution in [0.1, 0.15) is 6.42 Å². The summed E-state index contributed by atoms with van der Waals surface area (Å²) in [6.07, 6.45) is 0.978. The van der Waals surface area contributed by atoms with Gasteiger partial charge >= 0.3 is 0 Å². The van der Waals surface area contributed by atoms with E-state index >= 15 is 0 Å². The van der Waals surface area contributed by atoms with Gasteiger partial charge in [-0.1, -0.05) is 48.0 Å². The van der Waals surface area contributed by atoms with E-state index in [0.717, 1.165) is 67.7 Å². The minimum absolute atomic E-state index is 0.168. The number of thiophene rings is 1. The quantitative estimate of drug-likeness (QED) is 0.261. The molecule has 4 heterocycles. The van der Waals surface area contributed by atoms with Crippen LogP contribution in [0, 0.1) is 0 Å². The van der Waals surface area contributed by atoms with Crippen LogP contribution in [-0.4, -0.2) is 58.9 Å². The highest BCUT2D eigenvalue weighted by Gasteiger charge is 2.18. The van der Waals surface area contributed by atoms with Gasteiger partial charge in [-0.3, -0.25) is 9.69 Å². The summed E-state index contributed by atoms with van der Waals surface area (Å²) in [6, 6.07) is 15.5. The van der Waals surface area contributed by atoms with Crippen molar-refractivity contribution in [2.75, 3.05) is 44.7 Å². The molecule has 3 aromatic heterocycles. The summed E-state index contributed by atoms with van der Waals surface area (Å²) < 4.78 is 6.88. The maximum absolute atomic E-state index is 13.7. The van der Waals surface area contributed by atoms with E-state index in [2.05, 4.69) is 10.2 Å². The van der Waals surface area contributed by atoms with Crippen LogP contribution in [0.3, 0.4) is 0 Å². The van der Waals surface area contributed by atoms with Gasteiger partial charge in [0, 0.05) is 46.4 Å². The lowest BCUT2D eigenvalue weighted by molar-refractivity contribution is 0.0378. The predicted octanol–water partition coefficient (Wildman–Crippen LogP) is 4.91. The van der Waals surface area contributed by atoms with Gasteiger partial charge in [-0.25, -0.2) is 4.98 Å². The average molecular weight is 506 g/mol. The van der Waals surface area contributed by atoms with Crippen molar-refractivity contribution in [2.45, 2.75) is 6.42 Å². The number of anilines is 1. The second-order valence-corrected chi connectivity index (χ2v) is 9.91. The van der Waals surface area contributed by atoms with Crippen molar-refractivity contribution in [1.82, 2.24) is 19.5 Å². The zero-order chi connectivity index (χ0) is 23.8. The van der Waals surface area contributed by atoms with Gasteiger partial charge in [0.1, 0.15) is 4.83 Å². The molecule has 1 N–H and O–H groups in total. The van der Waals surface area contributed by atoms with Gasteiger partial charge in [-0.15, -0.1) is 16.4 Å². The van der Waals surface area contributed by atoms with E-state index in [9.17, 15) is 4.79 Å². The Kier molecular flexibility index (Phi) is 6.12. The number of aromatic nitrogens is 3. The van der Waals surface area contributed by atoms with Crippen molar-refractivity contribution in [3.63, 3.8) is 0 Å². The fraction of sp³-hybridized carbons (Fsp3) is 0.269. The molecule has 178 valence electrons. The number of morpholine rings is 1. The summed E-state index contributed by atoms with van der Waals surface area (Å²) >= 11 is 7.54. The lowest BCUT2D eigenvalue weighted by atomic mass is 10.1. The van der Waals surface area contributed by atoms with Crippen LogP contribution in [0.15, 0.2) is 58.7 Å². The normalized spacial score (nSPS) is 14.8. The van der Waals surface area contributed by atoms with Crippen molar-refractivity contribution in [1.29, 1.82) is 0 Å². The fourth-order valence-corrected chi connectivity index (χ4v) is 5.66. The molecule has 0 amide bonds. The number of nitrogens with zero attached hydrogens (tertiary/aromatic N) is 4. The molecular weight excluding hydrogens is 482 g/mol. The molecule has 0 bridgehead atoms. The minimum atomic E-state index is -0.168. The smallest absolute Gasteiger partial charge is 0.283 e. The molecule has 7 nitrogen and oxygen atoms in total. The Morgan fingerprint density at radius 2 is 1.83 bits per heavy atom. The Bertz CT molecular complexity index is 1570. The summed E-state index contributed by atoms with van der Waals surface area (Å²) in [7, 11) is 0. The highest BCUT2D eigenvalue weighted by Crippen LogP contribution is 2.33. The zero-order valence-electron chi connectivity index (χ0n) is 19.0. The molecule has 1 aliphatic heterocycles. The number of ether oxygens (including phenoxy) is 1. The second kappa shape index (κ2) is 9.54. The largest absolute Gasteiger partial charge is 0.379 e. The Labute approximate surface area is 210 Å². The van der Waals surface area contributed by atoms with Crippen molar-refractivity contribution in [2.24, 2.45) is 0 Å². The van der Waals surface area contributed by atoms with Gasteiger partial charge in [-0.05, 0) is 30.7 Å². The molecule has 0 unspecified atom stereocenters. The first kappa shape index (κ1) is 22.4. The Balaban J connectivity index is 1.40. The Morgan fingerprint density at radius 1 is 1.06 bits per heavy atom. The van der Waals surface area contributed by atoms with Crippen LogP contribution < -0.4 is 10.9 Å². The van der Waals surface area contributed by atoms with E-state index in [-0.39, 0.29) is 5.56 Å². The van der Waals surface area contributed by atoms with E-state index in [4.69, 9.17) is 26.4 Å². The predicted molar refractivity (Wildman–Crippen MR) is 143 cm³/mol. The monoisotopic (exact) mass is 505 g/mol. The number of fused-ring (bicyclic) bond motifs is 4. The SMILES string of the molecule is O=c1c2c(-c3ccc(Cl)cc3)csc2nc2c3ccccc3c(NCCCN3CCOCC3)nn12. The molecule has 0 spiro atoms. The van der Waals surface area contributed by atoms with E-state index in [1.807, 2.05) is 53.9 Å². The highest BCUT2D eigenvalue weighted by molar-refractivity contribution is 7.17. The summed E-state index contributed by atoms with van der Waals surface area (Å²) in [5.41, 5.74) is 2.19. The Hall–Kier alpha value is -3.04. The maximum Gasteiger partial charge on any atom is 0.283 e. The van der Waals surface area contributed by atoms with E-state index < -0.39 is 0 Å². The molecule has 9 heteroatoms. The first-order valence-electron chi connectivity index (χ1n) is 11.7. The van der Waals surface area contributed by atoms with Crippen molar-refractivity contribution < 1.29 is 4.74 Å². The zero-order valence-corrected chi connectivity index (χ0v) is 20.6. The fourth-order valence-electron chi connectivity index (χ4n) is 4.59. The minimum Gasteiger partial charge on any atom is -0.379 e. The van der Waals surface area contributed by atoms with Gasteiger partial charge in [0.15, 0.2) is 11.5 Å². The molecule has 2 aromatic carbocycles. The molecule has 1 fully saturated rings. The van der Waals surface area contributed by atoms with Gasteiger partial charge < -0.3 is 10.1 Å². The van der Waals surface area contributed by atoms with Crippen LogP contribution in [0.5, 0.6) is 0 Å². The third kappa shape index (κ3) is 4.27. The van der Waals surface area contributed by atoms with Crippen LogP contribution >= 0.6 is 22.9 Å². The first-order chi connectivity index (χ1) is 17.2. The molecule has 35 heavy (non-hydrogen) atoms. The number of rotatable bonds is 6. The molecule has 0 aliphatic carbocycles. The van der Waals surface area contributed by atoms with Gasteiger partial charge in [0.2, 0.25) is 0 Å². The van der Waals surface area contributed by atoms with Crippen molar-refractivity contribution in [3.05, 3.63) is 69.3 Å². The molecular formula is C26H24ClN5O2S. The summed E-state index contributed by atoms with van der Waals surface area (Å²) in [5, 5.41) is 13.3. The molecule has 0 saturated carbocycles. The van der Waals surface area contributed by atoms with Crippen LogP contribution in [0.4, 0.5) is 5.82 Å². The number of halogens is 1. The number of hydrogen-bond acceptors (Lipinski definition) is 7. The van der Waals surface area contributed by atoms with Crippen molar-refractivity contribution in [3.8, 4) is 11.1 Å². The van der Waals surface area contributed by atoms with Gasteiger partial charge in [-0.2, -0.15) is 4.52 Å². The third-order valence-corrected chi connectivity index (χ3v) is 7.54. The first-order valence-corrected chi connectivity index (χ1v) is 13.0. The highest BCUT2D eigenvalue weighted by atomic mass is 35.5. The average Bonchev–Trinajstić information content (AvgIpc) is 3.32. The van der Waals surface area contributed by atoms with Crippen LogP contribution in [-0.2, 0) is 4.74 Å². The lowest BCUT2D eigenvalue weighted by Gasteiger charge is -2.26. The van der Waals surface area contributed by atoms with Gasteiger partial charge in [0.25, 0.3) is 5.56 Å². The molecule has 0 atom stereocenters. The van der Waals surface area contributed by atoms with Crippen molar-refractivity contribution >= 4 is 55.4 Å². The van der Waals surface area contributed by atoms with Crippen LogP contribution in [0.25, 0.3) is 37.8 Å². The summed E-state index contributed by atoms with van der Waals surface area (Å²) in [5.74, 6) is 0.696. The molecule has 6 rings (SSSR count). The van der Waals surface area contributed by atoms with Crippen LogP contribution in [0.2, 0.25) is 5.02 Å². The van der Waals surface area contributed by atoms with E-state index in [1.54, 1.807) is 0 Å². The maximum atomic E-state index is 13.7. The summed E-state index contributed by atoms with van der Waals surface area (Å²) in [6.45, 7) is 5.32.